The van der Waals surface area contributed by atoms with Crippen molar-refractivity contribution in [3.8, 4) is 0 Å². The van der Waals surface area contributed by atoms with E-state index in [1.807, 2.05) is 12.1 Å². The van der Waals surface area contributed by atoms with Gasteiger partial charge in [-0.1, -0.05) is 31.7 Å². The van der Waals surface area contributed by atoms with Crippen molar-refractivity contribution in [2.24, 2.45) is 5.41 Å². The molecule has 1 aliphatic heterocycles. The molecule has 1 heterocycles. The molecule has 96 valence electrons. The van der Waals surface area contributed by atoms with E-state index in [4.69, 9.17) is 9.47 Å². The lowest BCUT2D eigenvalue weighted by molar-refractivity contribution is -0.140. The van der Waals surface area contributed by atoms with E-state index in [-0.39, 0.29) is 11.4 Å². The number of rotatable bonds is 5. The van der Waals surface area contributed by atoms with Crippen molar-refractivity contribution in [3.05, 3.63) is 42.0 Å². The molecule has 0 atom stereocenters. The second kappa shape index (κ2) is 5.36. The minimum atomic E-state index is -0.273. The SMILES string of the molecule is C=Cc1ccc(C(=O)OCC2(CC)COC2)cc1. The van der Waals surface area contributed by atoms with Gasteiger partial charge in [-0.3, -0.25) is 0 Å². The summed E-state index contributed by atoms with van der Waals surface area (Å²) in [4.78, 5) is 11.9. The van der Waals surface area contributed by atoms with Crippen LogP contribution in [0.3, 0.4) is 0 Å². The van der Waals surface area contributed by atoms with E-state index >= 15 is 0 Å². The van der Waals surface area contributed by atoms with Crippen molar-refractivity contribution in [2.75, 3.05) is 19.8 Å². The van der Waals surface area contributed by atoms with Crippen LogP contribution in [0.1, 0.15) is 29.3 Å². The van der Waals surface area contributed by atoms with Crippen molar-refractivity contribution in [3.63, 3.8) is 0 Å². The molecule has 3 nitrogen and oxygen atoms in total. The highest BCUT2D eigenvalue weighted by atomic mass is 16.5. The fraction of sp³-hybridized carbons (Fsp3) is 0.400. The molecule has 0 aromatic heterocycles. The van der Waals surface area contributed by atoms with Gasteiger partial charge in [0, 0.05) is 0 Å². The van der Waals surface area contributed by atoms with Gasteiger partial charge in [0.2, 0.25) is 0 Å². The van der Waals surface area contributed by atoms with Crippen LogP contribution in [-0.2, 0) is 9.47 Å². The summed E-state index contributed by atoms with van der Waals surface area (Å²) in [5, 5.41) is 0. The monoisotopic (exact) mass is 246 g/mol. The number of hydrogen-bond donors (Lipinski definition) is 0. The number of ether oxygens (including phenoxy) is 2. The van der Waals surface area contributed by atoms with Gasteiger partial charge in [-0.15, -0.1) is 0 Å². The Morgan fingerprint density at radius 1 is 1.44 bits per heavy atom. The van der Waals surface area contributed by atoms with Crippen LogP contribution in [0, 0.1) is 5.41 Å². The molecular formula is C15H18O3. The Morgan fingerprint density at radius 3 is 2.56 bits per heavy atom. The van der Waals surface area contributed by atoms with Crippen LogP contribution < -0.4 is 0 Å². The molecule has 0 saturated carbocycles. The number of carbonyl (C=O) groups excluding carboxylic acids is 1. The fourth-order valence-electron chi connectivity index (χ4n) is 1.84. The maximum Gasteiger partial charge on any atom is 0.338 e. The highest BCUT2D eigenvalue weighted by Crippen LogP contribution is 2.31. The molecule has 1 aliphatic rings. The zero-order valence-electron chi connectivity index (χ0n) is 10.6. The lowest BCUT2D eigenvalue weighted by Crippen LogP contribution is -2.46. The molecule has 0 N–H and O–H groups in total. The van der Waals surface area contributed by atoms with Gasteiger partial charge < -0.3 is 9.47 Å². The van der Waals surface area contributed by atoms with E-state index in [0.29, 0.717) is 25.4 Å². The van der Waals surface area contributed by atoms with Crippen molar-refractivity contribution in [2.45, 2.75) is 13.3 Å². The summed E-state index contributed by atoms with van der Waals surface area (Å²) in [7, 11) is 0. The second-order valence-electron chi connectivity index (χ2n) is 4.75. The maximum atomic E-state index is 11.9. The standard InChI is InChI=1S/C15H18O3/c1-3-12-5-7-13(8-6-12)14(16)18-11-15(4-2)9-17-10-15/h3,5-8H,1,4,9-11H2,2H3. The van der Waals surface area contributed by atoms with Gasteiger partial charge in [-0.05, 0) is 24.1 Å². The maximum absolute atomic E-state index is 11.9. The van der Waals surface area contributed by atoms with Crippen molar-refractivity contribution < 1.29 is 14.3 Å². The zero-order chi connectivity index (χ0) is 13.0. The molecule has 0 unspecified atom stereocenters. The van der Waals surface area contributed by atoms with Crippen LogP contribution in [-0.4, -0.2) is 25.8 Å². The Morgan fingerprint density at radius 2 is 2.11 bits per heavy atom. The van der Waals surface area contributed by atoms with Gasteiger partial charge in [-0.2, -0.15) is 0 Å². The highest BCUT2D eigenvalue weighted by Gasteiger charge is 2.38. The third kappa shape index (κ3) is 2.62. The largest absolute Gasteiger partial charge is 0.461 e. The van der Waals surface area contributed by atoms with Crippen molar-refractivity contribution in [1.82, 2.24) is 0 Å². The molecule has 1 fully saturated rings. The molecule has 0 aliphatic carbocycles. The van der Waals surface area contributed by atoms with E-state index in [9.17, 15) is 4.79 Å². The Hall–Kier alpha value is -1.61. The molecule has 18 heavy (non-hydrogen) atoms. The van der Waals surface area contributed by atoms with Crippen LogP contribution in [0.2, 0.25) is 0 Å². The summed E-state index contributed by atoms with van der Waals surface area (Å²) in [6, 6.07) is 7.22. The zero-order valence-corrected chi connectivity index (χ0v) is 10.6. The van der Waals surface area contributed by atoms with Gasteiger partial charge in [0.15, 0.2) is 0 Å². The molecule has 0 radical (unpaired) electrons. The van der Waals surface area contributed by atoms with E-state index < -0.39 is 0 Å². The number of carbonyl (C=O) groups is 1. The van der Waals surface area contributed by atoms with Crippen LogP contribution in [0.5, 0.6) is 0 Å². The molecule has 3 heteroatoms. The Balaban J connectivity index is 1.92. The topological polar surface area (TPSA) is 35.5 Å². The summed E-state index contributed by atoms with van der Waals surface area (Å²) in [5.74, 6) is -0.273. The quantitative estimate of drug-likeness (QED) is 0.749. The Kier molecular flexibility index (Phi) is 3.82. The third-order valence-corrected chi connectivity index (χ3v) is 3.46. The first-order chi connectivity index (χ1) is 8.69. The Bertz CT molecular complexity index is 424. The van der Waals surface area contributed by atoms with Gasteiger partial charge in [0.05, 0.1) is 24.2 Å². The normalized spacial score (nSPS) is 16.7. The first kappa shape index (κ1) is 12.8. The van der Waals surface area contributed by atoms with E-state index in [1.165, 1.54) is 0 Å². The predicted molar refractivity (Wildman–Crippen MR) is 70.4 cm³/mol. The van der Waals surface area contributed by atoms with Crippen molar-refractivity contribution >= 4 is 12.0 Å². The van der Waals surface area contributed by atoms with Crippen LogP contribution in [0.4, 0.5) is 0 Å². The predicted octanol–water partition coefficient (Wildman–Crippen LogP) is 2.91. The lowest BCUT2D eigenvalue weighted by Gasteiger charge is -2.39. The van der Waals surface area contributed by atoms with E-state index in [1.54, 1.807) is 18.2 Å². The average molecular weight is 246 g/mol. The third-order valence-electron chi connectivity index (χ3n) is 3.46. The van der Waals surface area contributed by atoms with Gasteiger partial charge in [-0.25, -0.2) is 4.79 Å². The Labute approximate surface area is 107 Å². The lowest BCUT2D eigenvalue weighted by atomic mass is 9.84. The van der Waals surface area contributed by atoms with E-state index in [2.05, 4.69) is 13.5 Å². The minimum absolute atomic E-state index is 0.0384. The van der Waals surface area contributed by atoms with Crippen LogP contribution in [0.25, 0.3) is 6.08 Å². The number of benzene rings is 1. The molecule has 0 spiro atoms. The number of esters is 1. The molecule has 0 amide bonds. The van der Waals surface area contributed by atoms with Crippen LogP contribution >= 0.6 is 0 Å². The summed E-state index contributed by atoms with van der Waals surface area (Å²) < 4.78 is 10.6. The minimum Gasteiger partial charge on any atom is -0.461 e. The molecule has 1 aromatic rings. The highest BCUT2D eigenvalue weighted by molar-refractivity contribution is 5.89. The van der Waals surface area contributed by atoms with Gasteiger partial charge >= 0.3 is 5.97 Å². The summed E-state index contributed by atoms with van der Waals surface area (Å²) in [6.45, 7) is 7.58. The molecular weight excluding hydrogens is 228 g/mol. The average Bonchev–Trinajstić information content (AvgIpc) is 2.38. The molecule has 0 bridgehead atoms. The summed E-state index contributed by atoms with van der Waals surface area (Å²) >= 11 is 0. The van der Waals surface area contributed by atoms with Gasteiger partial charge in [0.25, 0.3) is 0 Å². The molecule has 2 rings (SSSR count). The summed E-state index contributed by atoms with van der Waals surface area (Å²) in [6.07, 6.45) is 2.71. The molecule has 1 saturated heterocycles. The van der Waals surface area contributed by atoms with Crippen molar-refractivity contribution in [1.29, 1.82) is 0 Å². The van der Waals surface area contributed by atoms with Crippen LogP contribution in [0.15, 0.2) is 30.8 Å². The number of hydrogen-bond acceptors (Lipinski definition) is 3. The summed E-state index contributed by atoms with van der Waals surface area (Å²) in [5.41, 5.74) is 1.60. The first-order valence-corrected chi connectivity index (χ1v) is 6.16. The smallest absolute Gasteiger partial charge is 0.338 e. The molecule has 1 aromatic carbocycles. The fourth-order valence-corrected chi connectivity index (χ4v) is 1.84. The first-order valence-electron chi connectivity index (χ1n) is 6.16. The van der Waals surface area contributed by atoms with E-state index in [0.717, 1.165) is 12.0 Å². The van der Waals surface area contributed by atoms with Gasteiger partial charge in [0.1, 0.15) is 6.61 Å². The second-order valence-corrected chi connectivity index (χ2v) is 4.75.